The van der Waals surface area contributed by atoms with Gasteiger partial charge in [0, 0.05) is 36.5 Å². The monoisotopic (exact) mass is 384 g/mol. The van der Waals surface area contributed by atoms with Crippen LogP contribution in [0.2, 0.25) is 5.02 Å². The average Bonchev–Trinajstić information content (AvgIpc) is 2.67. The maximum atomic E-state index is 12.0. The highest BCUT2D eigenvalue weighted by Gasteiger charge is 2.27. The van der Waals surface area contributed by atoms with Crippen LogP contribution in [0.25, 0.3) is 0 Å². The molecule has 0 bridgehead atoms. The Balaban J connectivity index is 1.91. The number of hydrogen-bond acceptors (Lipinski definition) is 2. The fourth-order valence-corrected chi connectivity index (χ4v) is 4.17. The highest BCUT2D eigenvalue weighted by molar-refractivity contribution is 6.30. The van der Waals surface area contributed by atoms with E-state index < -0.39 is 5.91 Å². The van der Waals surface area contributed by atoms with Gasteiger partial charge in [-0.15, -0.1) is 0 Å². The molecule has 2 aromatic rings. The number of carbonyl (C=O) groups excluding carboxylic acids is 2. The van der Waals surface area contributed by atoms with E-state index in [1.54, 1.807) is 19.1 Å². The van der Waals surface area contributed by atoms with Gasteiger partial charge in [-0.05, 0) is 54.5 Å². The summed E-state index contributed by atoms with van der Waals surface area (Å²) >= 11 is 6.25. The summed E-state index contributed by atoms with van der Waals surface area (Å²) in [4.78, 5) is 25.5. The van der Waals surface area contributed by atoms with E-state index >= 15 is 0 Å². The molecule has 3 rings (SSSR count). The minimum absolute atomic E-state index is 0.0429. The smallest absolute Gasteiger partial charge is 0.249 e. The lowest BCUT2D eigenvalue weighted by Gasteiger charge is -2.33. The van der Waals surface area contributed by atoms with Gasteiger partial charge in [-0.2, -0.15) is 0 Å². The molecular formula is C22H25ClN2O2. The van der Waals surface area contributed by atoms with Crippen molar-refractivity contribution in [2.75, 3.05) is 13.1 Å². The fraction of sp³-hybridized carbons (Fsp3) is 0.364. The summed E-state index contributed by atoms with van der Waals surface area (Å²) in [6.45, 7) is 3.21. The van der Waals surface area contributed by atoms with Crippen molar-refractivity contribution in [1.82, 2.24) is 4.90 Å². The van der Waals surface area contributed by atoms with E-state index in [1.807, 2.05) is 29.2 Å². The minimum Gasteiger partial charge on any atom is -0.366 e. The predicted molar refractivity (Wildman–Crippen MR) is 108 cm³/mol. The molecule has 0 radical (unpaired) electrons. The Kier molecular flexibility index (Phi) is 6.17. The third kappa shape index (κ3) is 4.69. The van der Waals surface area contributed by atoms with Crippen LogP contribution in [0.15, 0.2) is 48.5 Å². The molecule has 4 nitrogen and oxygen atoms in total. The Hall–Kier alpha value is -2.33. The van der Waals surface area contributed by atoms with Gasteiger partial charge < -0.3 is 10.6 Å². The number of piperidine rings is 1. The van der Waals surface area contributed by atoms with Gasteiger partial charge in [0.15, 0.2) is 0 Å². The summed E-state index contributed by atoms with van der Waals surface area (Å²) in [5.74, 6) is 0.222. The molecule has 0 aromatic heterocycles. The lowest BCUT2D eigenvalue weighted by molar-refractivity contribution is -0.130. The van der Waals surface area contributed by atoms with Crippen molar-refractivity contribution in [3.05, 3.63) is 70.2 Å². The number of rotatable bonds is 5. The van der Waals surface area contributed by atoms with Crippen LogP contribution in [0, 0.1) is 5.92 Å². The van der Waals surface area contributed by atoms with Crippen molar-refractivity contribution < 1.29 is 9.59 Å². The van der Waals surface area contributed by atoms with Crippen LogP contribution in [0.5, 0.6) is 0 Å². The van der Waals surface area contributed by atoms with Crippen LogP contribution in [0.4, 0.5) is 0 Å². The first-order chi connectivity index (χ1) is 13.0. The number of nitrogens with two attached hydrogens (primary N) is 1. The molecule has 0 aliphatic carbocycles. The first-order valence-corrected chi connectivity index (χ1v) is 9.73. The zero-order chi connectivity index (χ0) is 19.4. The van der Waals surface area contributed by atoms with Gasteiger partial charge in [0.1, 0.15) is 0 Å². The normalized spacial score (nSPS) is 16.1. The summed E-state index contributed by atoms with van der Waals surface area (Å²) in [7, 11) is 0. The van der Waals surface area contributed by atoms with E-state index in [0.717, 1.165) is 43.5 Å². The highest BCUT2D eigenvalue weighted by Crippen LogP contribution is 2.37. The zero-order valence-corrected chi connectivity index (χ0v) is 16.3. The van der Waals surface area contributed by atoms with Gasteiger partial charge in [-0.25, -0.2) is 0 Å². The van der Waals surface area contributed by atoms with Crippen LogP contribution in [0.1, 0.15) is 53.6 Å². The Morgan fingerprint density at radius 3 is 2.41 bits per heavy atom. The Bertz CT molecular complexity index is 814. The summed E-state index contributed by atoms with van der Waals surface area (Å²) in [5.41, 5.74) is 8.20. The number of halogens is 1. The number of benzene rings is 2. The Morgan fingerprint density at radius 1 is 1.15 bits per heavy atom. The third-order valence-corrected chi connectivity index (χ3v) is 5.72. The quantitative estimate of drug-likeness (QED) is 0.838. The van der Waals surface area contributed by atoms with E-state index in [9.17, 15) is 9.59 Å². The lowest BCUT2D eigenvalue weighted by atomic mass is 9.79. The minimum atomic E-state index is -0.436. The molecule has 142 valence electrons. The number of nitrogens with zero attached hydrogens (tertiary/aromatic N) is 1. The van der Waals surface area contributed by atoms with Crippen molar-refractivity contribution in [3.8, 4) is 0 Å². The number of primary amides is 1. The number of amides is 2. The van der Waals surface area contributed by atoms with Crippen LogP contribution >= 0.6 is 11.6 Å². The molecule has 0 saturated carbocycles. The van der Waals surface area contributed by atoms with Gasteiger partial charge in [-0.1, -0.05) is 41.9 Å². The van der Waals surface area contributed by atoms with E-state index in [-0.39, 0.29) is 11.8 Å². The van der Waals surface area contributed by atoms with Crippen LogP contribution in [-0.2, 0) is 4.79 Å². The SMILES string of the molecule is CC(=O)N1CCC(CC(c2ccccc2)c2cc(Cl)ccc2C(N)=O)CC1. The van der Waals surface area contributed by atoms with Gasteiger partial charge >= 0.3 is 0 Å². The average molecular weight is 385 g/mol. The molecule has 1 heterocycles. The molecule has 1 aliphatic rings. The molecule has 2 amide bonds. The van der Waals surface area contributed by atoms with Crippen LogP contribution < -0.4 is 5.73 Å². The maximum Gasteiger partial charge on any atom is 0.249 e. The van der Waals surface area contributed by atoms with E-state index in [0.29, 0.717) is 16.5 Å². The summed E-state index contributed by atoms with van der Waals surface area (Å²) in [6, 6.07) is 15.5. The van der Waals surface area contributed by atoms with E-state index in [4.69, 9.17) is 17.3 Å². The molecule has 2 N–H and O–H groups in total. The molecule has 0 spiro atoms. The summed E-state index contributed by atoms with van der Waals surface area (Å²) < 4.78 is 0. The molecular weight excluding hydrogens is 360 g/mol. The molecule has 5 heteroatoms. The number of likely N-dealkylation sites (tertiary alicyclic amines) is 1. The van der Waals surface area contributed by atoms with Crippen LogP contribution in [0.3, 0.4) is 0 Å². The molecule has 2 aromatic carbocycles. The molecule has 1 aliphatic heterocycles. The Morgan fingerprint density at radius 2 is 1.81 bits per heavy atom. The highest BCUT2D eigenvalue weighted by atomic mass is 35.5. The third-order valence-electron chi connectivity index (χ3n) is 5.49. The Labute approximate surface area is 165 Å². The maximum absolute atomic E-state index is 12.0. The van der Waals surface area contributed by atoms with Gasteiger partial charge in [0.25, 0.3) is 0 Å². The van der Waals surface area contributed by atoms with Gasteiger partial charge in [0.2, 0.25) is 11.8 Å². The topological polar surface area (TPSA) is 63.4 Å². The first kappa shape index (κ1) is 19.4. The molecule has 1 atom stereocenters. The van der Waals surface area contributed by atoms with Crippen molar-refractivity contribution in [3.63, 3.8) is 0 Å². The van der Waals surface area contributed by atoms with Crippen molar-refractivity contribution in [1.29, 1.82) is 0 Å². The van der Waals surface area contributed by atoms with Crippen molar-refractivity contribution in [2.45, 2.75) is 32.1 Å². The molecule has 1 fully saturated rings. The van der Waals surface area contributed by atoms with Crippen molar-refractivity contribution >= 4 is 23.4 Å². The first-order valence-electron chi connectivity index (χ1n) is 9.35. The predicted octanol–water partition coefficient (Wildman–Crippen LogP) is 4.22. The zero-order valence-electron chi connectivity index (χ0n) is 15.5. The summed E-state index contributed by atoms with van der Waals surface area (Å²) in [5, 5.41) is 0.599. The largest absolute Gasteiger partial charge is 0.366 e. The van der Waals surface area contributed by atoms with Crippen LogP contribution in [-0.4, -0.2) is 29.8 Å². The number of carbonyl (C=O) groups is 2. The summed E-state index contributed by atoms with van der Waals surface area (Å²) in [6.07, 6.45) is 2.83. The van der Waals surface area contributed by atoms with Gasteiger partial charge in [0.05, 0.1) is 0 Å². The second-order valence-corrected chi connectivity index (χ2v) is 7.68. The van der Waals surface area contributed by atoms with Gasteiger partial charge in [-0.3, -0.25) is 9.59 Å². The second kappa shape index (κ2) is 8.57. The van der Waals surface area contributed by atoms with Crippen molar-refractivity contribution in [2.24, 2.45) is 11.7 Å². The molecule has 1 saturated heterocycles. The standard InChI is InChI=1S/C22H25ClN2O2/c1-15(26)25-11-9-16(10-12-25)13-20(17-5-3-2-4-6-17)21-14-18(23)7-8-19(21)22(24)27/h2-8,14,16,20H,9-13H2,1H3,(H2,24,27). The fourth-order valence-electron chi connectivity index (χ4n) is 3.99. The lowest BCUT2D eigenvalue weighted by Crippen LogP contribution is -2.37. The molecule has 1 unspecified atom stereocenters. The number of hydrogen-bond donors (Lipinski definition) is 1. The second-order valence-electron chi connectivity index (χ2n) is 7.24. The van der Waals surface area contributed by atoms with E-state index in [1.165, 1.54) is 0 Å². The molecule has 27 heavy (non-hydrogen) atoms. The van der Waals surface area contributed by atoms with E-state index in [2.05, 4.69) is 12.1 Å².